The molecule has 3 heteroatoms. The van der Waals surface area contributed by atoms with Crippen LogP contribution in [0.5, 0.6) is 5.75 Å². The Morgan fingerprint density at radius 3 is 2.06 bits per heavy atom. The van der Waals surface area contributed by atoms with Crippen LogP contribution in [0.15, 0.2) is 109 Å². The van der Waals surface area contributed by atoms with E-state index in [-0.39, 0.29) is 5.78 Å². The van der Waals surface area contributed by atoms with Gasteiger partial charge in [-0.25, -0.2) is 4.79 Å². The van der Waals surface area contributed by atoms with Gasteiger partial charge in [-0.2, -0.15) is 0 Å². The maximum Gasteiger partial charge on any atom is 0.343 e. The van der Waals surface area contributed by atoms with Crippen LogP contribution in [-0.2, 0) is 0 Å². The summed E-state index contributed by atoms with van der Waals surface area (Å²) < 4.78 is 5.47. The Morgan fingerprint density at radius 1 is 0.688 bits per heavy atom. The number of esters is 1. The second-order valence-electron chi connectivity index (χ2n) is 7.47. The van der Waals surface area contributed by atoms with Gasteiger partial charge in [0.15, 0.2) is 5.78 Å². The summed E-state index contributed by atoms with van der Waals surface area (Å²) in [4.78, 5) is 24.9. The minimum atomic E-state index is -0.416. The molecule has 156 valence electrons. The largest absolute Gasteiger partial charge is 0.423 e. The monoisotopic (exact) mass is 418 g/mol. The molecule has 0 bridgehead atoms. The van der Waals surface area contributed by atoms with E-state index in [1.165, 1.54) is 6.08 Å². The zero-order valence-electron chi connectivity index (χ0n) is 17.7. The van der Waals surface area contributed by atoms with Crippen molar-refractivity contribution in [2.24, 2.45) is 0 Å². The lowest BCUT2D eigenvalue weighted by Gasteiger charge is -2.05. The molecule has 0 unspecified atom stereocenters. The van der Waals surface area contributed by atoms with Crippen LogP contribution in [0.2, 0.25) is 0 Å². The number of aryl methyl sites for hydroxylation is 1. The fourth-order valence-corrected chi connectivity index (χ4v) is 3.26. The maximum absolute atomic E-state index is 12.6. The first-order valence-electron chi connectivity index (χ1n) is 10.4. The van der Waals surface area contributed by atoms with Gasteiger partial charge < -0.3 is 4.74 Å². The van der Waals surface area contributed by atoms with E-state index in [4.69, 9.17) is 4.74 Å². The lowest BCUT2D eigenvalue weighted by atomic mass is 10.0. The summed E-state index contributed by atoms with van der Waals surface area (Å²) in [6, 6.07) is 31.9. The molecule has 0 aliphatic carbocycles. The van der Waals surface area contributed by atoms with Gasteiger partial charge >= 0.3 is 5.97 Å². The number of carbonyl (C=O) groups excluding carboxylic acids is 2. The quantitative estimate of drug-likeness (QED) is 0.150. The van der Waals surface area contributed by atoms with E-state index in [0.717, 1.165) is 22.3 Å². The molecular formula is C29H22O3. The fraction of sp³-hybridized carbons (Fsp3) is 0.0345. The van der Waals surface area contributed by atoms with Crippen molar-refractivity contribution in [3.8, 4) is 16.9 Å². The lowest BCUT2D eigenvalue weighted by Crippen LogP contribution is -2.08. The van der Waals surface area contributed by atoms with E-state index >= 15 is 0 Å². The minimum Gasteiger partial charge on any atom is -0.423 e. The number of benzene rings is 4. The van der Waals surface area contributed by atoms with Gasteiger partial charge in [0.2, 0.25) is 0 Å². The number of ketones is 1. The maximum atomic E-state index is 12.6. The number of allylic oxidation sites excluding steroid dienone is 1. The summed E-state index contributed by atoms with van der Waals surface area (Å²) in [7, 11) is 0. The Balaban J connectivity index is 1.42. The smallest absolute Gasteiger partial charge is 0.343 e. The molecule has 0 atom stereocenters. The highest BCUT2D eigenvalue weighted by molar-refractivity contribution is 6.07. The minimum absolute atomic E-state index is 0.0911. The average molecular weight is 418 g/mol. The standard InChI is InChI=1S/C29H22O3/c1-21-10-13-26(14-11-21)29(31)32-27-9-5-6-22(20-27)12-19-28(30)25-17-15-24(16-18-25)23-7-3-2-4-8-23/h2-20H,1H3/b19-12+. The van der Waals surface area contributed by atoms with Gasteiger partial charge in [0.1, 0.15) is 5.75 Å². The summed E-state index contributed by atoms with van der Waals surface area (Å²) in [5.74, 6) is -0.0789. The Bertz CT molecular complexity index is 1250. The Kier molecular flexibility index (Phi) is 6.38. The summed E-state index contributed by atoms with van der Waals surface area (Å²) >= 11 is 0. The summed E-state index contributed by atoms with van der Waals surface area (Å²) in [6.07, 6.45) is 3.25. The predicted octanol–water partition coefficient (Wildman–Crippen LogP) is 6.78. The molecule has 4 rings (SSSR count). The normalized spacial score (nSPS) is 10.8. The van der Waals surface area contributed by atoms with Crippen molar-refractivity contribution >= 4 is 17.8 Å². The molecule has 3 nitrogen and oxygen atoms in total. The molecule has 0 N–H and O–H groups in total. The van der Waals surface area contributed by atoms with E-state index in [2.05, 4.69) is 0 Å². The Morgan fingerprint density at radius 2 is 1.34 bits per heavy atom. The molecule has 4 aromatic rings. The highest BCUT2D eigenvalue weighted by Gasteiger charge is 2.08. The van der Waals surface area contributed by atoms with E-state index in [1.807, 2.05) is 79.7 Å². The molecule has 0 saturated heterocycles. The number of hydrogen-bond acceptors (Lipinski definition) is 3. The van der Waals surface area contributed by atoms with Crippen LogP contribution in [0, 0.1) is 6.92 Å². The molecular weight excluding hydrogens is 396 g/mol. The van der Waals surface area contributed by atoms with Crippen molar-refractivity contribution in [1.82, 2.24) is 0 Å². The van der Waals surface area contributed by atoms with E-state index < -0.39 is 5.97 Å². The summed E-state index contributed by atoms with van der Waals surface area (Å²) in [6.45, 7) is 1.96. The van der Waals surface area contributed by atoms with Gasteiger partial charge in [0.05, 0.1) is 5.56 Å². The van der Waals surface area contributed by atoms with Gasteiger partial charge in [-0.3, -0.25) is 4.79 Å². The molecule has 0 heterocycles. The second kappa shape index (κ2) is 9.71. The fourth-order valence-electron chi connectivity index (χ4n) is 3.26. The Hall–Kier alpha value is -4.24. The third-order valence-corrected chi connectivity index (χ3v) is 5.06. The van der Waals surface area contributed by atoms with Crippen LogP contribution >= 0.6 is 0 Å². The number of rotatable bonds is 6. The van der Waals surface area contributed by atoms with Crippen LogP contribution in [-0.4, -0.2) is 11.8 Å². The zero-order chi connectivity index (χ0) is 22.3. The molecule has 0 radical (unpaired) electrons. The highest BCUT2D eigenvalue weighted by atomic mass is 16.5. The van der Waals surface area contributed by atoms with Crippen molar-refractivity contribution in [3.63, 3.8) is 0 Å². The van der Waals surface area contributed by atoms with Crippen molar-refractivity contribution in [3.05, 3.63) is 131 Å². The summed E-state index contributed by atoms with van der Waals surface area (Å²) in [5.41, 5.74) is 5.13. The molecule has 0 aromatic heterocycles. The zero-order valence-corrected chi connectivity index (χ0v) is 17.7. The molecule has 0 aliphatic heterocycles. The topological polar surface area (TPSA) is 43.4 Å². The Labute approximate surface area is 187 Å². The molecule has 0 amide bonds. The van der Waals surface area contributed by atoms with Crippen molar-refractivity contribution < 1.29 is 14.3 Å². The van der Waals surface area contributed by atoms with Crippen molar-refractivity contribution in [1.29, 1.82) is 0 Å². The number of carbonyl (C=O) groups is 2. The van der Waals surface area contributed by atoms with Crippen LogP contribution < -0.4 is 4.74 Å². The predicted molar refractivity (Wildman–Crippen MR) is 128 cm³/mol. The first-order chi connectivity index (χ1) is 15.6. The van der Waals surface area contributed by atoms with Gasteiger partial charge in [0, 0.05) is 5.56 Å². The number of hydrogen-bond donors (Lipinski definition) is 0. The van der Waals surface area contributed by atoms with Gasteiger partial charge in [-0.1, -0.05) is 90.5 Å². The molecule has 0 aliphatic rings. The van der Waals surface area contributed by atoms with Crippen LogP contribution in [0.3, 0.4) is 0 Å². The second-order valence-corrected chi connectivity index (χ2v) is 7.47. The third-order valence-electron chi connectivity index (χ3n) is 5.06. The highest BCUT2D eigenvalue weighted by Crippen LogP contribution is 2.20. The van der Waals surface area contributed by atoms with E-state index in [1.54, 1.807) is 36.4 Å². The van der Waals surface area contributed by atoms with Crippen LogP contribution in [0.1, 0.15) is 31.8 Å². The van der Waals surface area contributed by atoms with E-state index in [0.29, 0.717) is 16.9 Å². The molecule has 4 aromatic carbocycles. The number of ether oxygens (including phenoxy) is 1. The average Bonchev–Trinajstić information content (AvgIpc) is 2.84. The molecule has 32 heavy (non-hydrogen) atoms. The van der Waals surface area contributed by atoms with E-state index in [9.17, 15) is 9.59 Å². The molecule has 0 fully saturated rings. The third kappa shape index (κ3) is 5.27. The first-order valence-corrected chi connectivity index (χ1v) is 10.4. The molecule has 0 saturated carbocycles. The summed E-state index contributed by atoms with van der Waals surface area (Å²) in [5, 5.41) is 0. The van der Waals surface area contributed by atoms with Gasteiger partial charge in [0.25, 0.3) is 0 Å². The van der Waals surface area contributed by atoms with Gasteiger partial charge in [-0.15, -0.1) is 0 Å². The van der Waals surface area contributed by atoms with Crippen molar-refractivity contribution in [2.75, 3.05) is 0 Å². The SMILES string of the molecule is Cc1ccc(C(=O)Oc2cccc(/C=C/C(=O)c3ccc(-c4ccccc4)cc3)c2)cc1. The van der Waals surface area contributed by atoms with Crippen molar-refractivity contribution in [2.45, 2.75) is 6.92 Å². The lowest BCUT2D eigenvalue weighted by molar-refractivity contribution is 0.0734. The molecule has 0 spiro atoms. The first kappa shape index (κ1) is 21.0. The van der Waals surface area contributed by atoms with Crippen LogP contribution in [0.4, 0.5) is 0 Å². The van der Waals surface area contributed by atoms with Gasteiger partial charge in [-0.05, 0) is 54.0 Å². The van der Waals surface area contributed by atoms with Crippen LogP contribution in [0.25, 0.3) is 17.2 Å².